The van der Waals surface area contributed by atoms with E-state index in [1.807, 2.05) is 42.8 Å². The first kappa shape index (κ1) is 16.4. The molecule has 136 valence electrons. The van der Waals surface area contributed by atoms with Crippen LogP contribution >= 0.6 is 11.3 Å². The summed E-state index contributed by atoms with van der Waals surface area (Å²) in [5.74, 6) is 1.66. The number of rotatable bonds is 3. The van der Waals surface area contributed by atoms with Crippen molar-refractivity contribution in [1.82, 2.24) is 24.3 Å². The Hall–Kier alpha value is -2.77. The molecule has 27 heavy (non-hydrogen) atoms. The SMILES string of the molecule is Cc1nc(CN2CCc3nc(-c4cccs4)[nH]c(=O)c3C2)c2ccccn12. The first-order valence-electron chi connectivity index (χ1n) is 9.00. The average Bonchev–Trinajstić information content (AvgIpc) is 3.32. The van der Waals surface area contributed by atoms with Gasteiger partial charge in [0.2, 0.25) is 0 Å². The van der Waals surface area contributed by atoms with Crippen molar-refractivity contribution in [3.05, 3.63) is 75.0 Å². The second-order valence-corrected chi connectivity index (χ2v) is 7.79. The summed E-state index contributed by atoms with van der Waals surface area (Å²) >= 11 is 1.59. The Morgan fingerprint density at radius 1 is 1.22 bits per heavy atom. The Kier molecular flexibility index (Phi) is 3.91. The highest BCUT2D eigenvalue weighted by Gasteiger charge is 2.23. The van der Waals surface area contributed by atoms with E-state index in [0.717, 1.165) is 52.7 Å². The van der Waals surface area contributed by atoms with Gasteiger partial charge >= 0.3 is 0 Å². The topological polar surface area (TPSA) is 66.3 Å². The van der Waals surface area contributed by atoms with E-state index in [-0.39, 0.29) is 5.56 Å². The van der Waals surface area contributed by atoms with Crippen molar-refractivity contribution in [3.63, 3.8) is 0 Å². The van der Waals surface area contributed by atoms with Crippen LogP contribution in [0, 0.1) is 6.92 Å². The van der Waals surface area contributed by atoms with Crippen molar-refractivity contribution in [2.24, 2.45) is 0 Å². The Balaban J connectivity index is 1.43. The van der Waals surface area contributed by atoms with Gasteiger partial charge < -0.3 is 9.38 Å². The van der Waals surface area contributed by atoms with Gasteiger partial charge in [-0.2, -0.15) is 0 Å². The van der Waals surface area contributed by atoms with Gasteiger partial charge in [0.1, 0.15) is 5.82 Å². The fourth-order valence-corrected chi connectivity index (χ4v) is 4.41. The molecule has 1 aliphatic rings. The van der Waals surface area contributed by atoms with Gasteiger partial charge in [0, 0.05) is 32.3 Å². The average molecular weight is 377 g/mol. The monoisotopic (exact) mass is 377 g/mol. The fraction of sp³-hybridized carbons (Fsp3) is 0.250. The van der Waals surface area contributed by atoms with Crippen molar-refractivity contribution in [2.45, 2.75) is 26.4 Å². The van der Waals surface area contributed by atoms with Crippen LogP contribution < -0.4 is 5.56 Å². The van der Waals surface area contributed by atoms with E-state index in [0.29, 0.717) is 12.4 Å². The number of hydrogen-bond acceptors (Lipinski definition) is 5. The number of aromatic amines is 1. The summed E-state index contributed by atoms with van der Waals surface area (Å²) in [7, 11) is 0. The van der Waals surface area contributed by atoms with Gasteiger partial charge in [-0.15, -0.1) is 11.3 Å². The molecule has 1 aliphatic heterocycles. The van der Waals surface area contributed by atoms with Crippen LogP contribution in [0.5, 0.6) is 0 Å². The number of pyridine rings is 1. The summed E-state index contributed by atoms with van der Waals surface area (Å²) in [6, 6.07) is 10.1. The molecule has 0 spiro atoms. The molecule has 6 nitrogen and oxygen atoms in total. The number of nitrogens with one attached hydrogen (secondary N) is 1. The third-order valence-electron chi connectivity index (χ3n) is 5.08. The third-order valence-corrected chi connectivity index (χ3v) is 5.95. The highest BCUT2D eigenvalue weighted by atomic mass is 32.1. The lowest BCUT2D eigenvalue weighted by Gasteiger charge is -2.27. The molecule has 0 saturated carbocycles. The molecule has 4 aromatic heterocycles. The molecule has 5 rings (SSSR count). The third kappa shape index (κ3) is 2.89. The van der Waals surface area contributed by atoms with Crippen LogP contribution in [0.4, 0.5) is 0 Å². The molecule has 0 aliphatic carbocycles. The minimum Gasteiger partial charge on any atom is -0.306 e. The van der Waals surface area contributed by atoms with Crippen molar-refractivity contribution in [1.29, 1.82) is 0 Å². The lowest BCUT2D eigenvalue weighted by atomic mass is 10.1. The summed E-state index contributed by atoms with van der Waals surface area (Å²) in [5.41, 5.74) is 3.85. The molecule has 0 saturated heterocycles. The molecule has 1 N–H and O–H groups in total. The number of hydrogen-bond donors (Lipinski definition) is 1. The quantitative estimate of drug-likeness (QED) is 0.596. The lowest BCUT2D eigenvalue weighted by molar-refractivity contribution is 0.240. The number of nitrogens with zero attached hydrogens (tertiary/aromatic N) is 4. The highest BCUT2D eigenvalue weighted by molar-refractivity contribution is 7.13. The maximum Gasteiger partial charge on any atom is 0.255 e. The molecule has 4 aromatic rings. The van der Waals surface area contributed by atoms with Crippen LogP contribution in [-0.2, 0) is 19.5 Å². The van der Waals surface area contributed by atoms with E-state index in [4.69, 9.17) is 9.97 Å². The minimum absolute atomic E-state index is 0.0287. The van der Waals surface area contributed by atoms with Crippen molar-refractivity contribution >= 4 is 16.9 Å². The largest absolute Gasteiger partial charge is 0.306 e. The van der Waals surface area contributed by atoms with Crippen molar-refractivity contribution in [3.8, 4) is 10.7 Å². The Morgan fingerprint density at radius 2 is 2.15 bits per heavy atom. The molecule has 0 unspecified atom stereocenters. The first-order valence-corrected chi connectivity index (χ1v) is 9.88. The standard InChI is InChI=1S/C20H19N5OS/c1-13-21-16(17-5-2-3-8-25(13)17)12-24-9-7-15-14(11-24)20(26)23-19(22-15)18-6-4-10-27-18/h2-6,8,10H,7,9,11-12H2,1H3,(H,22,23,26). The molecular formula is C20H19N5OS. The van der Waals surface area contributed by atoms with Gasteiger partial charge in [-0.3, -0.25) is 9.69 Å². The summed E-state index contributed by atoms with van der Waals surface area (Å²) in [5, 5.41) is 1.99. The zero-order valence-electron chi connectivity index (χ0n) is 15.0. The Bertz CT molecular complexity index is 1180. The Morgan fingerprint density at radius 3 is 3.00 bits per heavy atom. The van der Waals surface area contributed by atoms with E-state index < -0.39 is 0 Å². The van der Waals surface area contributed by atoms with Crippen LogP contribution in [0.2, 0.25) is 0 Å². The number of imidazole rings is 1. The van der Waals surface area contributed by atoms with Gasteiger partial charge in [-0.1, -0.05) is 12.1 Å². The Labute approximate surface area is 160 Å². The van der Waals surface area contributed by atoms with Crippen LogP contribution in [0.3, 0.4) is 0 Å². The normalized spacial score (nSPS) is 14.6. The lowest BCUT2D eigenvalue weighted by Crippen LogP contribution is -2.35. The smallest absolute Gasteiger partial charge is 0.255 e. The first-order chi connectivity index (χ1) is 13.2. The fourth-order valence-electron chi connectivity index (χ4n) is 3.74. The van der Waals surface area contributed by atoms with Crippen molar-refractivity contribution in [2.75, 3.05) is 6.54 Å². The maximum atomic E-state index is 12.7. The van der Waals surface area contributed by atoms with Crippen LogP contribution in [0.1, 0.15) is 22.8 Å². The van der Waals surface area contributed by atoms with Crippen LogP contribution in [0.15, 0.2) is 46.7 Å². The van der Waals surface area contributed by atoms with E-state index in [1.165, 1.54) is 0 Å². The molecule has 0 fully saturated rings. The molecule has 7 heteroatoms. The van der Waals surface area contributed by atoms with Gasteiger partial charge in [0.05, 0.1) is 27.3 Å². The predicted octanol–water partition coefficient (Wildman–Crippen LogP) is 3.01. The predicted molar refractivity (Wildman–Crippen MR) is 106 cm³/mol. The molecule has 0 aromatic carbocycles. The number of fused-ring (bicyclic) bond motifs is 2. The number of aryl methyl sites for hydroxylation is 1. The van der Waals surface area contributed by atoms with Gasteiger partial charge in [0.25, 0.3) is 5.56 Å². The second kappa shape index (κ2) is 6.44. The molecule has 0 bridgehead atoms. The van der Waals surface area contributed by atoms with Gasteiger partial charge in [-0.25, -0.2) is 9.97 Å². The number of aromatic nitrogens is 4. The molecular weight excluding hydrogens is 358 g/mol. The van der Waals surface area contributed by atoms with E-state index in [9.17, 15) is 4.79 Å². The van der Waals surface area contributed by atoms with Crippen LogP contribution in [0.25, 0.3) is 16.2 Å². The number of thiophene rings is 1. The summed E-state index contributed by atoms with van der Waals surface area (Å²) in [6.07, 6.45) is 2.82. The number of H-pyrrole nitrogens is 1. The molecule has 0 atom stereocenters. The zero-order chi connectivity index (χ0) is 18.4. The highest BCUT2D eigenvalue weighted by Crippen LogP contribution is 2.23. The van der Waals surface area contributed by atoms with E-state index in [1.54, 1.807) is 11.3 Å². The van der Waals surface area contributed by atoms with Gasteiger partial charge in [0.15, 0.2) is 5.82 Å². The van der Waals surface area contributed by atoms with Crippen LogP contribution in [-0.4, -0.2) is 30.8 Å². The minimum atomic E-state index is -0.0287. The maximum absolute atomic E-state index is 12.7. The van der Waals surface area contributed by atoms with E-state index >= 15 is 0 Å². The molecule has 5 heterocycles. The summed E-state index contributed by atoms with van der Waals surface area (Å²) in [6.45, 7) is 4.22. The summed E-state index contributed by atoms with van der Waals surface area (Å²) in [4.78, 5) is 28.3. The second-order valence-electron chi connectivity index (χ2n) is 6.84. The molecule has 0 radical (unpaired) electrons. The zero-order valence-corrected chi connectivity index (χ0v) is 15.8. The van der Waals surface area contributed by atoms with Gasteiger partial charge in [-0.05, 0) is 30.5 Å². The van der Waals surface area contributed by atoms with E-state index in [2.05, 4.69) is 20.4 Å². The molecule has 0 amide bonds. The summed E-state index contributed by atoms with van der Waals surface area (Å²) < 4.78 is 2.11. The van der Waals surface area contributed by atoms with Crippen molar-refractivity contribution < 1.29 is 0 Å².